The average molecular weight is 533 g/mol. The number of thioether (sulfide) groups is 1. The fraction of sp³-hybridized carbons (Fsp3) is 0.467. The topological polar surface area (TPSA) is 82.1 Å². The molecule has 2 bridgehead atoms. The first-order valence-corrected chi connectivity index (χ1v) is 14.6. The zero-order valence-corrected chi connectivity index (χ0v) is 23.1. The highest BCUT2D eigenvalue weighted by Crippen LogP contribution is 2.66. The second-order valence-corrected chi connectivity index (χ2v) is 11.5. The molecule has 2 fully saturated rings. The summed E-state index contributed by atoms with van der Waals surface area (Å²) in [5.41, 5.74) is 2.13. The van der Waals surface area contributed by atoms with Gasteiger partial charge in [-0.2, -0.15) is 0 Å². The highest BCUT2D eigenvalue weighted by Gasteiger charge is 2.67. The quantitative estimate of drug-likeness (QED) is 0.542. The smallest absolute Gasteiger partial charge is 0.243 e. The molecular formula is C30H36N4O3S. The fourth-order valence-corrected chi connectivity index (χ4v) is 8.29. The van der Waals surface area contributed by atoms with E-state index in [-0.39, 0.29) is 41.6 Å². The maximum atomic E-state index is 13.8. The lowest BCUT2D eigenvalue weighted by Crippen LogP contribution is -2.67. The van der Waals surface area contributed by atoms with Crippen molar-refractivity contribution < 1.29 is 14.4 Å². The van der Waals surface area contributed by atoms with Gasteiger partial charge in [0, 0.05) is 31.1 Å². The lowest BCUT2D eigenvalue weighted by molar-refractivity contribution is -0.164. The van der Waals surface area contributed by atoms with E-state index in [2.05, 4.69) is 34.5 Å². The van der Waals surface area contributed by atoms with Crippen LogP contribution in [0.4, 0.5) is 0 Å². The van der Waals surface area contributed by atoms with E-state index >= 15 is 0 Å². The molecule has 2 aromatic rings. The molecule has 0 aromatic heterocycles. The Hall–Kier alpha value is -3.13. The third kappa shape index (κ3) is 4.32. The average Bonchev–Trinajstić information content (AvgIpc) is 3.31. The Morgan fingerprint density at radius 1 is 0.842 bits per heavy atom. The Bertz CT molecular complexity index is 1160. The number of carbonyl (C=O) groups is 3. The summed E-state index contributed by atoms with van der Waals surface area (Å²) in [6, 6.07) is 20.0. The van der Waals surface area contributed by atoms with Gasteiger partial charge in [0.2, 0.25) is 17.7 Å². The van der Waals surface area contributed by atoms with Crippen molar-refractivity contribution in [2.24, 2.45) is 16.9 Å². The number of hydrogen-bond acceptors (Lipinski definition) is 5. The number of nitrogens with zero attached hydrogens (tertiary/aromatic N) is 3. The summed E-state index contributed by atoms with van der Waals surface area (Å²) in [5.74, 6) is -0.195. The summed E-state index contributed by atoms with van der Waals surface area (Å²) < 4.78 is 0. The zero-order chi connectivity index (χ0) is 26.9. The first-order valence-electron chi connectivity index (χ1n) is 13.8. The molecule has 38 heavy (non-hydrogen) atoms. The molecule has 0 radical (unpaired) electrons. The standard InChI is InChI=1S/C30H36N4O3S/c1-4-24(35)31-29-32-34(26(37)6-3)30(38-29)22-18-13-19-23(30)28(21-16-11-8-12-17-21)33(25(36)5-2)27(22)20-14-9-7-10-15-20/h7-12,14-17,22-23,27-28H,4-6,13,18-19H2,1-3H3,(H,31,32,35). The van der Waals surface area contributed by atoms with Crippen molar-refractivity contribution in [2.45, 2.75) is 76.3 Å². The van der Waals surface area contributed by atoms with E-state index in [1.807, 2.05) is 50.2 Å². The fourth-order valence-electron chi connectivity index (χ4n) is 6.67. The predicted molar refractivity (Wildman–Crippen MR) is 150 cm³/mol. The van der Waals surface area contributed by atoms with Crippen LogP contribution in [0.15, 0.2) is 65.8 Å². The molecule has 2 aromatic carbocycles. The van der Waals surface area contributed by atoms with Gasteiger partial charge < -0.3 is 10.2 Å². The van der Waals surface area contributed by atoms with Crippen LogP contribution in [0.25, 0.3) is 0 Å². The normalized spacial score (nSPS) is 28.2. The van der Waals surface area contributed by atoms with Crippen molar-refractivity contribution in [1.82, 2.24) is 15.2 Å². The molecule has 8 heteroatoms. The van der Waals surface area contributed by atoms with Gasteiger partial charge in [-0.1, -0.05) is 99.6 Å². The molecular weight excluding hydrogens is 496 g/mol. The lowest BCUT2D eigenvalue weighted by atomic mass is 9.62. The van der Waals surface area contributed by atoms with E-state index in [1.165, 1.54) is 11.8 Å². The van der Waals surface area contributed by atoms with Gasteiger partial charge in [-0.15, -0.1) is 5.10 Å². The molecule has 1 aliphatic carbocycles. The number of piperidine rings is 1. The van der Waals surface area contributed by atoms with Crippen LogP contribution in [-0.4, -0.2) is 37.7 Å². The van der Waals surface area contributed by atoms with Crippen LogP contribution in [0.5, 0.6) is 0 Å². The summed E-state index contributed by atoms with van der Waals surface area (Å²) in [6.45, 7) is 5.58. The molecule has 5 rings (SSSR count). The molecule has 1 spiro atoms. The first-order chi connectivity index (χ1) is 18.5. The molecule has 3 amide bonds. The Morgan fingerprint density at radius 2 is 1.37 bits per heavy atom. The van der Waals surface area contributed by atoms with Crippen molar-refractivity contribution in [3.63, 3.8) is 0 Å². The third-order valence-corrected chi connectivity index (χ3v) is 9.70. The Labute approximate surface area is 229 Å². The van der Waals surface area contributed by atoms with Gasteiger partial charge >= 0.3 is 0 Å². The summed E-state index contributed by atoms with van der Waals surface area (Å²) in [6.07, 6.45) is 3.76. The minimum atomic E-state index is -0.715. The van der Waals surface area contributed by atoms with Gasteiger partial charge in [0.1, 0.15) is 4.87 Å². The number of carbonyl (C=O) groups excluding carboxylic acids is 3. The second kappa shape index (κ2) is 10.9. The molecule has 3 aliphatic rings. The minimum absolute atomic E-state index is 0.0561. The van der Waals surface area contributed by atoms with Crippen LogP contribution in [0.3, 0.4) is 0 Å². The zero-order valence-electron chi connectivity index (χ0n) is 22.3. The minimum Gasteiger partial charge on any atom is -0.328 e. The van der Waals surface area contributed by atoms with Crippen molar-refractivity contribution in [1.29, 1.82) is 0 Å². The van der Waals surface area contributed by atoms with Crippen LogP contribution in [0, 0.1) is 11.8 Å². The summed E-state index contributed by atoms with van der Waals surface area (Å²) in [5, 5.41) is 9.90. The van der Waals surface area contributed by atoms with Gasteiger partial charge in [-0.05, 0) is 24.0 Å². The van der Waals surface area contributed by atoms with Crippen molar-refractivity contribution in [3.8, 4) is 0 Å². The van der Waals surface area contributed by atoms with Gasteiger partial charge in [0.05, 0.1) is 12.1 Å². The lowest BCUT2D eigenvalue weighted by Gasteiger charge is -2.62. The number of amides is 3. The number of likely N-dealkylation sites (tertiary alicyclic amines) is 1. The largest absolute Gasteiger partial charge is 0.328 e. The van der Waals surface area contributed by atoms with Gasteiger partial charge in [0.25, 0.3) is 0 Å². The molecule has 4 unspecified atom stereocenters. The van der Waals surface area contributed by atoms with E-state index in [0.717, 1.165) is 30.4 Å². The number of hydrogen-bond donors (Lipinski definition) is 1. The molecule has 1 saturated carbocycles. The second-order valence-electron chi connectivity index (χ2n) is 10.2. The number of hydrazone groups is 1. The SMILES string of the molecule is CCC(=O)NC1=NN(C(=O)CC)C2(S1)C1CCCC2C(c2ccccc2)N(C(=O)CC)C1c1ccccc1. The maximum absolute atomic E-state index is 13.8. The highest BCUT2D eigenvalue weighted by molar-refractivity contribution is 8.15. The number of benzene rings is 2. The van der Waals surface area contributed by atoms with E-state index < -0.39 is 4.87 Å². The van der Waals surface area contributed by atoms with Crippen LogP contribution < -0.4 is 5.32 Å². The van der Waals surface area contributed by atoms with E-state index in [9.17, 15) is 14.4 Å². The van der Waals surface area contributed by atoms with Gasteiger partial charge in [0.15, 0.2) is 5.17 Å². The summed E-state index contributed by atoms with van der Waals surface area (Å²) in [4.78, 5) is 41.3. The Kier molecular flexibility index (Phi) is 7.61. The maximum Gasteiger partial charge on any atom is 0.243 e. The number of amidine groups is 1. The van der Waals surface area contributed by atoms with Gasteiger partial charge in [-0.25, -0.2) is 5.01 Å². The molecule has 7 nitrogen and oxygen atoms in total. The Balaban J connectivity index is 1.75. The molecule has 200 valence electrons. The number of rotatable bonds is 5. The molecule has 1 saturated heterocycles. The van der Waals surface area contributed by atoms with E-state index in [0.29, 0.717) is 24.4 Å². The van der Waals surface area contributed by atoms with Crippen molar-refractivity contribution >= 4 is 34.7 Å². The predicted octanol–water partition coefficient (Wildman–Crippen LogP) is 5.62. The third-order valence-electron chi connectivity index (χ3n) is 8.22. The van der Waals surface area contributed by atoms with Crippen LogP contribution in [0.2, 0.25) is 0 Å². The monoisotopic (exact) mass is 532 g/mol. The van der Waals surface area contributed by atoms with Crippen LogP contribution in [-0.2, 0) is 14.4 Å². The molecule has 2 heterocycles. The highest BCUT2D eigenvalue weighted by atomic mass is 32.2. The number of nitrogens with one attached hydrogen (secondary N) is 1. The Morgan fingerprint density at radius 3 is 1.84 bits per heavy atom. The van der Waals surface area contributed by atoms with E-state index in [1.54, 1.807) is 11.9 Å². The van der Waals surface area contributed by atoms with Gasteiger partial charge in [-0.3, -0.25) is 14.4 Å². The van der Waals surface area contributed by atoms with E-state index in [4.69, 9.17) is 5.10 Å². The molecule has 1 N–H and O–H groups in total. The molecule has 2 aliphatic heterocycles. The van der Waals surface area contributed by atoms with Crippen LogP contribution in [0.1, 0.15) is 82.5 Å². The van der Waals surface area contributed by atoms with Crippen molar-refractivity contribution in [3.05, 3.63) is 71.8 Å². The first kappa shape index (κ1) is 26.5. The van der Waals surface area contributed by atoms with Crippen molar-refractivity contribution in [2.75, 3.05) is 0 Å². The van der Waals surface area contributed by atoms with Crippen LogP contribution >= 0.6 is 11.8 Å². The molecule has 4 atom stereocenters. The summed E-state index contributed by atoms with van der Waals surface area (Å²) in [7, 11) is 0. The summed E-state index contributed by atoms with van der Waals surface area (Å²) >= 11 is 1.52.